The largest absolute Gasteiger partial charge is 0.351 e. The van der Waals surface area contributed by atoms with Crippen molar-refractivity contribution in [1.29, 1.82) is 0 Å². The molecule has 0 spiro atoms. The van der Waals surface area contributed by atoms with Gasteiger partial charge in [-0.25, -0.2) is 4.98 Å². The number of para-hydroxylation sites is 2. The SMILES string of the molecule is CC1(C(=O)NC2CCCCC2)Cn2c(nc3ccccc32)C(=O)N1CCCc1ccccc1. The lowest BCUT2D eigenvalue weighted by Crippen LogP contribution is -2.65. The van der Waals surface area contributed by atoms with E-state index in [0.29, 0.717) is 18.9 Å². The predicted octanol–water partition coefficient (Wildman–Crippen LogP) is 4.33. The number of nitrogens with one attached hydrogen (secondary N) is 1. The molecule has 2 aliphatic rings. The van der Waals surface area contributed by atoms with Crippen molar-refractivity contribution in [2.45, 2.75) is 70.0 Å². The Balaban J connectivity index is 1.44. The Morgan fingerprint density at radius 1 is 1.06 bits per heavy atom. The van der Waals surface area contributed by atoms with E-state index in [2.05, 4.69) is 22.4 Å². The van der Waals surface area contributed by atoms with Crippen LogP contribution in [0.15, 0.2) is 54.6 Å². The lowest BCUT2D eigenvalue weighted by atomic mass is 9.91. The van der Waals surface area contributed by atoms with Gasteiger partial charge in [0.1, 0.15) is 5.54 Å². The van der Waals surface area contributed by atoms with Gasteiger partial charge >= 0.3 is 0 Å². The lowest BCUT2D eigenvalue weighted by molar-refractivity contribution is -0.133. The molecular weight excluding hydrogens is 412 g/mol. The fraction of sp³-hybridized carbons (Fsp3) is 0.444. The maximum Gasteiger partial charge on any atom is 0.290 e. The van der Waals surface area contributed by atoms with Crippen molar-refractivity contribution in [3.8, 4) is 0 Å². The summed E-state index contributed by atoms with van der Waals surface area (Å²) in [5, 5.41) is 3.29. The molecule has 1 fully saturated rings. The zero-order valence-electron chi connectivity index (χ0n) is 19.3. The van der Waals surface area contributed by atoms with Gasteiger partial charge in [-0.2, -0.15) is 0 Å². The number of nitrogens with zero attached hydrogens (tertiary/aromatic N) is 3. The van der Waals surface area contributed by atoms with E-state index in [-0.39, 0.29) is 17.9 Å². The van der Waals surface area contributed by atoms with Crippen LogP contribution in [0.1, 0.15) is 61.6 Å². The van der Waals surface area contributed by atoms with Gasteiger partial charge in [-0.15, -0.1) is 0 Å². The third-order valence-electron chi connectivity index (χ3n) is 7.27. The summed E-state index contributed by atoms with van der Waals surface area (Å²) in [6, 6.07) is 18.3. The molecule has 172 valence electrons. The van der Waals surface area contributed by atoms with E-state index in [9.17, 15) is 9.59 Å². The highest BCUT2D eigenvalue weighted by molar-refractivity contribution is 6.01. The van der Waals surface area contributed by atoms with Crippen molar-refractivity contribution < 1.29 is 9.59 Å². The van der Waals surface area contributed by atoms with Crippen molar-refractivity contribution in [3.63, 3.8) is 0 Å². The molecule has 1 atom stereocenters. The number of imidazole rings is 1. The number of aromatic nitrogens is 2. The first-order chi connectivity index (χ1) is 16.1. The molecule has 33 heavy (non-hydrogen) atoms. The summed E-state index contributed by atoms with van der Waals surface area (Å²) in [7, 11) is 0. The van der Waals surface area contributed by atoms with Crippen LogP contribution in [-0.2, 0) is 17.8 Å². The molecule has 5 rings (SSSR count). The van der Waals surface area contributed by atoms with Gasteiger partial charge in [0.2, 0.25) is 5.91 Å². The van der Waals surface area contributed by atoms with Gasteiger partial charge in [0.15, 0.2) is 5.82 Å². The topological polar surface area (TPSA) is 67.2 Å². The third kappa shape index (κ3) is 4.14. The van der Waals surface area contributed by atoms with E-state index in [4.69, 9.17) is 0 Å². The second-order valence-electron chi connectivity index (χ2n) is 9.64. The van der Waals surface area contributed by atoms with Crippen molar-refractivity contribution in [3.05, 3.63) is 66.0 Å². The summed E-state index contributed by atoms with van der Waals surface area (Å²) in [5.74, 6) is 0.219. The number of benzene rings is 2. The first kappa shape index (κ1) is 21.7. The summed E-state index contributed by atoms with van der Waals surface area (Å²) in [4.78, 5) is 33.8. The number of carbonyl (C=O) groups excluding carboxylic acids is 2. The smallest absolute Gasteiger partial charge is 0.290 e. The Morgan fingerprint density at radius 3 is 2.58 bits per heavy atom. The average molecular weight is 445 g/mol. The van der Waals surface area contributed by atoms with Crippen LogP contribution in [0.25, 0.3) is 11.0 Å². The molecule has 1 aliphatic heterocycles. The first-order valence-electron chi connectivity index (χ1n) is 12.2. The van der Waals surface area contributed by atoms with E-state index in [1.807, 2.05) is 54.0 Å². The van der Waals surface area contributed by atoms with Crippen LogP contribution in [0.4, 0.5) is 0 Å². The van der Waals surface area contributed by atoms with E-state index >= 15 is 0 Å². The summed E-state index contributed by atoms with van der Waals surface area (Å²) < 4.78 is 1.94. The maximum atomic E-state index is 13.7. The Bertz CT molecular complexity index is 1150. The molecule has 3 aromatic rings. The van der Waals surface area contributed by atoms with Gasteiger partial charge in [-0.3, -0.25) is 9.59 Å². The van der Waals surface area contributed by atoms with Crippen LogP contribution >= 0.6 is 0 Å². The summed E-state index contributed by atoms with van der Waals surface area (Å²) >= 11 is 0. The van der Waals surface area contributed by atoms with Crippen LogP contribution in [-0.4, -0.2) is 44.4 Å². The number of aryl methyl sites for hydroxylation is 1. The van der Waals surface area contributed by atoms with Gasteiger partial charge < -0.3 is 14.8 Å². The van der Waals surface area contributed by atoms with Gasteiger partial charge in [-0.1, -0.05) is 61.7 Å². The van der Waals surface area contributed by atoms with Gasteiger partial charge in [-0.05, 0) is 50.3 Å². The molecule has 1 unspecified atom stereocenters. The fourth-order valence-corrected chi connectivity index (χ4v) is 5.35. The van der Waals surface area contributed by atoms with Crippen LogP contribution < -0.4 is 5.32 Å². The second kappa shape index (κ2) is 9.00. The average Bonchev–Trinajstić information content (AvgIpc) is 3.21. The number of fused-ring (bicyclic) bond motifs is 3. The second-order valence-corrected chi connectivity index (χ2v) is 9.64. The van der Waals surface area contributed by atoms with E-state index < -0.39 is 5.54 Å². The van der Waals surface area contributed by atoms with Gasteiger partial charge in [0.05, 0.1) is 17.6 Å². The van der Waals surface area contributed by atoms with Crippen LogP contribution in [0, 0.1) is 0 Å². The van der Waals surface area contributed by atoms with Crippen LogP contribution in [0.5, 0.6) is 0 Å². The van der Waals surface area contributed by atoms with Crippen molar-refractivity contribution >= 4 is 22.8 Å². The normalized spacial score (nSPS) is 21.2. The zero-order valence-corrected chi connectivity index (χ0v) is 19.3. The zero-order chi connectivity index (χ0) is 22.8. The Morgan fingerprint density at radius 2 is 1.79 bits per heavy atom. The van der Waals surface area contributed by atoms with Gasteiger partial charge in [0.25, 0.3) is 5.91 Å². The molecule has 1 saturated carbocycles. The van der Waals surface area contributed by atoms with E-state index in [1.54, 1.807) is 4.90 Å². The fourth-order valence-electron chi connectivity index (χ4n) is 5.35. The molecule has 1 N–H and O–H groups in total. The van der Waals surface area contributed by atoms with E-state index in [0.717, 1.165) is 49.6 Å². The van der Waals surface area contributed by atoms with Crippen LogP contribution in [0.3, 0.4) is 0 Å². The standard InChI is InChI=1S/C27H32N4O2/c1-27(26(33)28-21-14-6-3-7-15-21)19-30-23-17-9-8-16-22(23)29-24(30)25(32)31(27)18-10-13-20-11-4-2-5-12-20/h2,4-5,8-9,11-12,16-17,21H,3,6-7,10,13-15,18-19H2,1H3,(H,28,33). The summed E-state index contributed by atoms with van der Waals surface area (Å²) in [5.41, 5.74) is 1.98. The molecule has 6 nitrogen and oxygen atoms in total. The van der Waals surface area contributed by atoms with E-state index in [1.165, 1.54) is 12.0 Å². The minimum Gasteiger partial charge on any atom is -0.351 e. The third-order valence-corrected chi connectivity index (χ3v) is 7.27. The molecule has 1 aliphatic carbocycles. The lowest BCUT2D eigenvalue weighted by Gasteiger charge is -2.44. The number of hydrogen-bond donors (Lipinski definition) is 1. The number of carbonyl (C=O) groups is 2. The van der Waals surface area contributed by atoms with Crippen molar-refractivity contribution in [1.82, 2.24) is 19.8 Å². The Kier molecular flexibility index (Phi) is 5.92. The summed E-state index contributed by atoms with van der Waals surface area (Å²) in [6.45, 7) is 2.85. The molecule has 0 saturated heterocycles. The first-order valence-corrected chi connectivity index (χ1v) is 12.2. The monoisotopic (exact) mass is 444 g/mol. The maximum absolute atomic E-state index is 13.7. The Hall–Kier alpha value is -3.15. The minimum absolute atomic E-state index is 0.0501. The highest BCUT2D eigenvalue weighted by atomic mass is 16.2. The number of hydrogen-bond acceptors (Lipinski definition) is 3. The highest BCUT2D eigenvalue weighted by Crippen LogP contribution is 2.31. The summed E-state index contributed by atoms with van der Waals surface area (Å²) in [6.07, 6.45) is 7.23. The number of rotatable bonds is 6. The molecule has 6 heteroatoms. The molecule has 2 aromatic carbocycles. The highest BCUT2D eigenvalue weighted by Gasteiger charge is 2.48. The number of amides is 2. The quantitative estimate of drug-likeness (QED) is 0.615. The van der Waals surface area contributed by atoms with Gasteiger partial charge in [0, 0.05) is 12.6 Å². The molecule has 2 amide bonds. The molecule has 2 heterocycles. The Labute approximate surface area is 195 Å². The molecule has 0 bridgehead atoms. The molecule has 0 radical (unpaired) electrons. The van der Waals surface area contributed by atoms with Crippen LogP contribution in [0.2, 0.25) is 0 Å². The predicted molar refractivity (Wildman–Crippen MR) is 129 cm³/mol. The molecular formula is C27H32N4O2. The molecule has 1 aromatic heterocycles. The minimum atomic E-state index is -0.957. The van der Waals surface area contributed by atoms with Crippen molar-refractivity contribution in [2.75, 3.05) is 6.54 Å². The van der Waals surface area contributed by atoms with Crippen molar-refractivity contribution in [2.24, 2.45) is 0 Å².